The summed E-state index contributed by atoms with van der Waals surface area (Å²) in [7, 11) is 1.74. The van der Waals surface area contributed by atoms with E-state index >= 15 is 0 Å². The van der Waals surface area contributed by atoms with Crippen LogP contribution in [0.5, 0.6) is 0 Å². The Morgan fingerprint density at radius 1 is 0.966 bits per heavy atom. The van der Waals surface area contributed by atoms with Crippen molar-refractivity contribution in [2.75, 3.05) is 7.05 Å². The van der Waals surface area contributed by atoms with Crippen LogP contribution >= 0.6 is 0 Å². The largest absolute Gasteiger partial charge is 0.349 e. The van der Waals surface area contributed by atoms with Gasteiger partial charge in [0.05, 0.1) is 11.6 Å². The van der Waals surface area contributed by atoms with Crippen molar-refractivity contribution < 1.29 is 9.59 Å². The Bertz CT molecular complexity index is 874. The number of nitrogens with one attached hydrogen (secondary N) is 1. The molecular formula is C24H27N3O2. The fraction of sp³-hybridized carbons (Fsp3) is 0.375. The number of carbonyl (C=O) groups is 2. The van der Waals surface area contributed by atoms with Gasteiger partial charge in [-0.3, -0.25) is 9.59 Å². The summed E-state index contributed by atoms with van der Waals surface area (Å²) in [6.07, 6.45) is 6.93. The summed E-state index contributed by atoms with van der Waals surface area (Å²) in [5.41, 5.74) is 2.69. The van der Waals surface area contributed by atoms with Gasteiger partial charge in [0, 0.05) is 30.8 Å². The predicted molar refractivity (Wildman–Crippen MR) is 112 cm³/mol. The van der Waals surface area contributed by atoms with Gasteiger partial charge in [-0.25, -0.2) is 0 Å². The molecule has 0 radical (unpaired) electrons. The molecule has 1 N–H and O–H groups in total. The first-order chi connectivity index (χ1) is 14.1. The molecule has 0 spiro atoms. The third-order valence-corrected chi connectivity index (χ3v) is 5.43. The maximum absolute atomic E-state index is 12.7. The molecule has 5 nitrogen and oxygen atoms in total. The normalized spacial score (nSPS) is 14.5. The van der Waals surface area contributed by atoms with E-state index in [0.29, 0.717) is 23.2 Å². The molecule has 1 aliphatic rings. The molecule has 2 aromatic rings. The lowest BCUT2D eigenvalue weighted by molar-refractivity contribution is 0.0784. The van der Waals surface area contributed by atoms with Gasteiger partial charge in [-0.1, -0.05) is 37.8 Å². The summed E-state index contributed by atoms with van der Waals surface area (Å²) in [4.78, 5) is 26.8. The van der Waals surface area contributed by atoms with Crippen molar-refractivity contribution in [3.63, 3.8) is 0 Å². The first kappa shape index (κ1) is 20.6. The summed E-state index contributed by atoms with van der Waals surface area (Å²) >= 11 is 0. The molecule has 0 unspecified atom stereocenters. The highest BCUT2D eigenvalue weighted by atomic mass is 16.2. The number of amides is 2. The van der Waals surface area contributed by atoms with E-state index in [9.17, 15) is 9.59 Å². The fourth-order valence-electron chi connectivity index (χ4n) is 3.71. The Kier molecular flexibility index (Phi) is 7.02. The van der Waals surface area contributed by atoms with Crippen LogP contribution in [-0.4, -0.2) is 29.8 Å². The van der Waals surface area contributed by atoms with Crippen LogP contribution in [0.15, 0.2) is 48.5 Å². The molecule has 150 valence electrons. The summed E-state index contributed by atoms with van der Waals surface area (Å²) in [5.74, 6) is -0.174. The molecule has 0 heterocycles. The third kappa shape index (κ3) is 5.68. The molecule has 3 rings (SSSR count). The maximum atomic E-state index is 12.7. The first-order valence-electron chi connectivity index (χ1n) is 10.2. The summed E-state index contributed by atoms with van der Waals surface area (Å²) in [6.45, 7) is 0.453. The van der Waals surface area contributed by atoms with Crippen molar-refractivity contribution in [3.05, 3.63) is 70.8 Å². The molecule has 1 fully saturated rings. The third-order valence-electron chi connectivity index (χ3n) is 5.43. The van der Waals surface area contributed by atoms with Gasteiger partial charge >= 0.3 is 0 Å². The number of hydrogen-bond donors (Lipinski definition) is 1. The second-order valence-corrected chi connectivity index (χ2v) is 7.71. The zero-order valence-corrected chi connectivity index (χ0v) is 16.9. The van der Waals surface area contributed by atoms with E-state index < -0.39 is 0 Å². The average molecular weight is 389 g/mol. The number of nitriles is 1. The summed E-state index contributed by atoms with van der Waals surface area (Å²) in [5, 5.41) is 12.0. The Morgan fingerprint density at radius 2 is 1.55 bits per heavy atom. The SMILES string of the molecule is CN(Cc1ccc(C#N)cc1)C(=O)c1ccc(C(=O)NC2CCCCCC2)cc1. The zero-order chi connectivity index (χ0) is 20.6. The number of rotatable bonds is 5. The number of benzene rings is 2. The molecule has 0 atom stereocenters. The fourth-order valence-corrected chi connectivity index (χ4v) is 3.71. The van der Waals surface area contributed by atoms with Crippen molar-refractivity contribution in [1.82, 2.24) is 10.2 Å². The van der Waals surface area contributed by atoms with Gasteiger partial charge in [-0.15, -0.1) is 0 Å². The second kappa shape index (κ2) is 9.88. The van der Waals surface area contributed by atoms with Crippen molar-refractivity contribution in [2.24, 2.45) is 0 Å². The van der Waals surface area contributed by atoms with E-state index in [2.05, 4.69) is 11.4 Å². The van der Waals surface area contributed by atoms with Crippen LogP contribution in [-0.2, 0) is 6.54 Å². The van der Waals surface area contributed by atoms with E-state index in [1.807, 2.05) is 12.1 Å². The molecule has 1 aliphatic carbocycles. The molecule has 1 saturated carbocycles. The molecule has 5 heteroatoms. The van der Waals surface area contributed by atoms with Gasteiger partial charge in [0.25, 0.3) is 11.8 Å². The smallest absolute Gasteiger partial charge is 0.253 e. The molecule has 29 heavy (non-hydrogen) atoms. The van der Waals surface area contributed by atoms with Crippen LogP contribution in [0.1, 0.15) is 70.4 Å². The van der Waals surface area contributed by atoms with E-state index in [0.717, 1.165) is 18.4 Å². The van der Waals surface area contributed by atoms with E-state index in [1.54, 1.807) is 48.3 Å². The molecule has 2 amide bonds. The Morgan fingerprint density at radius 3 is 2.14 bits per heavy atom. The highest BCUT2D eigenvalue weighted by Crippen LogP contribution is 2.18. The lowest BCUT2D eigenvalue weighted by atomic mass is 10.1. The molecule has 0 aromatic heterocycles. The zero-order valence-electron chi connectivity index (χ0n) is 16.9. The van der Waals surface area contributed by atoms with Gasteiger partial charge in [0.2, 0.25) is 0 Å². The van der Waals surface area contributed by atoms with Crippen LogP contribution < -0.4 is 5.32 Å². The van der Waals surface area contributed by atoms with Crippen LogP contribution in [0.3, 0.4) is 0 Å². The van der Waals surface area contributed by atoms with Gasteiger partial charge in [-0.2, -0.15) is 5.26 Å². The van der Waals surface area contributed by atoms with Crippen LogP contribution in [0.4, 0.5) is 0 Å². The monoisotopic (exact) mass is 389 g/mol. The quantitative estimate of drug-likeness (QED) is 0.776. The Hall–Kier alpha value is -3.13. The topological polar surface area (TPSA) is 73.2 Å². The van der Waals surface area contributed by atoms with Crippen molar-refractivity contribution in [1.29, 1.82) is 5.26 Å². The molecule has 0 aliphatic heterocycles. The molecular weight excluding hydrogens is 362 g/mol. The minimum atomic E-state index is -0.106. The molecule has 0 saturated heterocycles. The predicted octanol–water partition coefficient (Wildman–Crippen LogP) is 4.28. The lowest BCUT2D eigenvalue weighted by Gasteiger charge is -2.18. The van der Waals surface area contributed by atoms with Gasteiger partial charge in [-0.05, 0) is 54.8 Å². The first-order valence-corrected chi connectivity index (χ1v) is 10.2. The van der Waals surface area contributed by atoms with Gasteiger partial charge < -0.3 is 10.2 Å². The van der Waals surface area contributed by atoms with Crippen LogP contribution in [0, 0.1) is 11.3 Å². The summed E-state index contributed by atoms with van der Waals surface area (Å²) in [6, 6.07) is 16.4. The minimum Gasteiger partial charge on any atom is -0.349 e. The van der Waals surface area contributed by atoms with Crippen LogP contribution in [0.2, 0.25) is 0 Å². The van der Waals surface area contributed by atoms with Gasteiger partial charge in [0.1, 0.15) is 0 Å². The minimum absolute atomic E-state index is 0.0677. The molecule has 0 bridgehead atoms. The van der Waals surface area contributed by atoms with Gasteiger partial charge in [0.15, 0.2) is 0 Å². The van der Waals surface area contributed by atoms with E-state index in [4.69, 9.17) is 5.26 Å². The number of hydrogen-bond acceptors (Lipinski definition) is 3. The van der Waals surface area contributed by atoms with Crippen LogP contribution in [0.25, 0.3) is 0 Å². The average Bonchev–Trinajstić information content (AvgIpc) is 3.02. The number of carbonyl (C=O) groups excluding carboxylic acids is 2. The van der Waals surface area contributed by atoms with E-state index in [1.165, 1.54) is 25.7 Å². The maximum Gasteiger partial charge on any atom is 0.253 e. The highest BCUT2D eigenvalue weighted by Gasteiger charge is 2.17. The van der Waals surface area contributed by atoms with Crippen molar-refractivity contribution in [3.8, 4) is 6.07 Å². The molecule has 2 aromatic carbocycles. The number of nitrogens with zero attached hydrogens (tertiary/aromatic N) is 2. The highest BCUT2D eigenvalue weighted by molar-refractivity contribution is 5.97. The van der Waals surface area contributed by atoms with Crippen molar-refractivity contribution >= 4 is 11.8 Å². The standard InChI is InChI=1S/C24H27N3O2/c1-27(17-19-10-8-18(16-25)9-11-19)24(29)21-14-12-20(13-15-21)23(28)26-22-6-4-2-3-5-7-22/h8-15,22H,2-7,17H2,1H3,(H,26,28). The Balaban J connectivity index is 1.58. The Labute approximate surface area is 172 Å². The lowest BCUT2D eigenvalue weighted by Crippen LogP contribution is -2.34. The summed E-state index contributed by atoms with van der Waals surface area (Å²) < 4.78 is 0. The van der Waals surface area contributed by atoms with E-state index in [-0.39, 0.29) is 17.9 Å². The second-order valence-electron chi connectivity index (χ2n) is 7.71. The van der Waals surface area contributed by atoms with Crippen molar-refractivity contribution in [2.45, 2.75) is 51.1 Å².